The van der Waals surface area contributed by atoms with E-state index < -0.39 is 0 Å². The first kappa shape index (κ1) is 12.3. The van der Waals surface area contributed by atoms with Crippen molar-refractivity contribution in [1.82, 2.24) is 0 Å². The molecule has 0 aromatic heterocycles. The number of carbonyl (C=O) groups is 1. The summed E-state index contributed by atoms with van der Waals surface area (Å²) in [6, 6.07) is 0. The Bertz CT molecular complexity index is 173. The Labute approximate surface area is 103 Å². The number of ether oxygens (including phenoxy) is 1. The molecule has 0 radical (unpaired) electrons. The van der Waals surface area contributed by atoms with E-state index in [1.807, 2.05) is 6.26 Å². The minimum absolute atomic E-state index is 0.441. The van der Waals surface area contributed by atoms with Crippen molar-refractivity contribution in [2.24, 2.45) is 23.7 Å². The van der Waals surface area contributed by atoms with Crippen LogP contribution in [0.25, 0.3) is 0 Å². The summed E-state index contributed by atoms with van der Waals surface area (Å²) in [4.78, 5) is 9.33. The molecule has 4 fully saturated rings. The van der Waals surface area contributed by atoms with E-state index in [-0.39, 0.29) is 0 Å². The molecular formula is C13H22O2S. The fraction of sp³-hybridized carbons (Fsp3) is 0.923. The van der Waals surface area contributed by atoms with Gasteiger partial charge in [0.15, 0.2) is 0 Å². The molecule has 0 amide bonds. The molecule has 0 N–H and O–H groups in total. The fourth-order valence-corrected chi connectivity index (χ4v) is 4.27. The summed E-state index contributed by atoms with van der Waals surface area (Å²) >= 11 is 1.47. The Morgan fingerprint density at radius 2 is 1.38 bits per heavy atom. The van der Waals surface area contributed by atoms with Crippen LogP contribution in [0.3, 0.4) is 0 Å². The third kappa shape index (κ3) is 3.16. The molecule has 3 heteroatoms. The van der Waals surface area contributed by atoms with Crippen molar-refractivity contribution in [2.45, 2.75) is 38.5 Å². The van der Waals surface area contributed by atoms with Crippen molar-refractivity contribution in [1.29, 1.82) is 0 Å². The summed E-state index contributed by atoms with van der Waals surface area (Å²) < 4.78 is 4.27. The van der Waals surface area contributed by atoms with Gasteiger partial charge in [-0.1, -0.05) is 0 Å². The summed E-state index contributed by atoms with van der Waals surface area (Å²) in [5.74, 6) is 5.17. The van der Waals surface area contributed by atoms with Crippen molar-refractivity contribution in [2.75, 3.05) is 12.2 Å². The quantitative estimate of drug-likeness (QED) is 0.431. The van der Waals surface area contributed by atoms with Crippen LogP contribution in [0.1, 0.15) is 38.5 Å². The minimum Gasteiger partial charge on any atom is -0.457 e. The summed E-state index contributed by atoms with van der Waals surface area (Å²) in [5.41, 5.74) is 0. The van der Waals surface area contributed by atoms with Gasteiger partial charge in [-0.25, -0.2) is 0 Å². The molecule has 0 heterocycles. The second kappa shape index (κ2) is 5.95. The maximum atomic E-state index is 9.33. The SMILES string of the molecule is C1C2CC3CC1CC(C2)C3.CSCOC=O. The molecule has 4 aliphatic rings. The molecule has 4 rings (SSSR count). The lowest BCUT2D eigenvalue weighted by Gasteiger charge is -2.49. The van der Waals surface area contributed by atoms with Crippen LogP contribution in [0.4, 0.5) is 0 Å². The van der Waals surface area contributed by atoms with Crippen molar-refractivity contribution >= 4 is 18.2 Å². The third-order valence-corrected chi connectivity index (χ3v) is 4.63. The molecule has 0 spiro atoms. The van der Waals surface area contributed by atoms with Crippen molar-refractivity contribution < 1.29 is 9.53 Å². The average molecular weight is 242 g/mol. The summed E-state index contributed by atoms with van der Waals surface area (Å²) in [6.45, 7) is 0.441. The fourth-order valence-electron chi connectivity index (χ4n) is 4.08. The number of hydrogen-bond donors (Lipinski definition) is 0. The smallest absolute Gasteiger partial charge is 0.293 e. The summed E-state index contributed by atoms with van der Waals surface area (Å²) in [7, 11) is 0. The zero-order valence-corrected chi connectivity index (χ0v) is 10.9. The van der Waals surface area contributed by atoms with Gasteiger partial charge in [-0.2, -0.15) is 0 Å². The van der Waals surface area contributed by atoms with Crippen LogP contribution in [-0.2, 0) is 9.53 Å². The van der Waals surface area contributed by atoms with Gasteiger partial charge in [0.25, 0.3) is 6.47 Å². The largest absolute Gasteiger partial charge is 0.457 e. The normalized spacial score (nSPS) is 38.8. The second-order valence-corrected chi connectivity index (χ2v) is 6.36. The molecule has 4 bridgehead atoms. The van der Waals surface area contributed by atoms with Gasteiger partial charge in [0.2, 0.25) is 0 Å². The lowest BCUT2D eigenvalue weighted by atomic mass is 9.56. The Kier molecular flexibility index (Phi) is 4.56. The van der Waals surface area contributed by atoms with E-state index in [9.17, 15) is 4.79 Å². The van der Waals surface area contributed by atoms with Gasteiger partial charge in [0.05, 0.1) is 0 Å². The standard InChI is InChI=1S/C10H16.C3H6O2S/c1-7-2-9-4-8(1)5-10(3-7)6-9;1-6-3-5-2-4/h7-10H,1-6H2;2H,3H2,1H3. The van der Waals surface area contributed by atoms with Crippen LogP contribution >= 0.6 is 11.8 Å². The predicted molar refractivity (Wildman–Crippen MR) is 67.2 cm³/mol. The van der Waals surface area contributed by atoms with Crippen LogP contribution in [0.2, 0.25) is 0 Å². The predicted octanol–water partition coefficient (Wildman–Crippen LogP) is 3.31. The first-order valence-corrected chi connectivity index (χ1v) is 7.75. The molecular weight excluding hydrogens is 220 g/mol. The van der Waals surface area contributed by atoms with Gasteiger partial charge in [0, 0.05) is 0 Å². The van der Waals surface area contributed by atoms with E-state index in [0.29, 0.717) is 12.4 Å². The van der Waals surface area contributed by atoms with Gasteiger partial charge >= 0.3 is 0 Å². The first-order chi connectivity index (χ1) is 7.81. The van der Waals surface area contributed by atoms with Crippen LogP contribution in [0.5, 0.6) is 0 Å². The highest BCUT2D eigenvalue weighted by atomic mass is 32.2. The van der Waals surface area contributed by atoms with E-state index in [2.05, 4.69) is 4.74 Å². The zero-order chi connectivity index (χ0) is 11.4. The molecule has 92 valence electrons. The van der Waals surface area contributed by atoms with Crippen molar-refractivity contribution in [3.63, 3.8) is 0 Å². The molecule has 0 atom stereocenters. The van der Waals surface area contributed by atoms with Crippen LogP contribution in [-0.4, -0.2) is 18.7 Å². The summed E-state index contributed by atoms with van der Waals surface area (Å²) in [5, 5.41) is 0. The average Bonchev–Trinajstić information content (AvgIpc) is 2.25. The van der Waals surface area contributed by atoms with Crippen molar-refractivity contribution in [3.05, 3.63) is 0 Å². The zero-order valence-electron chi connectivity index (χ0n) is 10.1. The Morgan fingerprint density at radius 3 is 1.56 bits per heavy atom. The van der Waals surface area contributed by atoms with Crippen molar-refractivity contribution in [3.8, 4) is 0 Å². The molecule has 2 nitrogen and oxygen atoms in total. The molecule has 0 saturated heterocycles. The van der Waals surface area contributed by atoms with E-state index in [1.165, 1.54) is 35.4 Å². The third-order valence-electron chi connectivity index (χ3n) is 4.25. The lowest BCUT2D eigenvalue weighted by molar-refractivity contribution is -0.126. The monoisotopic (exact) mass is 242 g/mol. The molecule has 0 aromatic carbocycles. The maximum absolute atomic E-state index is 9.33. The topological polar surface area (TPSA) is 26.3 Å². The Balaban J connectivity index is 0.000000142. The van der Waals surface area contributed by atoms with Gasteiger partial charge < -0.3 is 4.74 Å². The van der Waals surface area contributed by atoms with E-state index in [1.54, 1.807) is 38.5 Å². The highest BCUT2D eigenvalue weighted by Gasteiger charge is 2.41. The molecule has 4 saturated carbocycles. The highest BCUT2D eigenvalue weighted by Crippen LogP contribution is 2.53. The van der Waals surface area contributed by atoms with Gasteiger partial charge in [-0.15, -0.1) is 11.8 Å². The van der Waals surface area contributed by atoms with Gasteiger partial charge in [-0.3, -0.25) is 4.79 Å². The van der Waals surface area contributed by atoms with E-state index >= 15 is 0 Å². The molecule has 0 unspecified atom stereocenters. The van der Waals surface area contributed by atoms with E-state index in [4.69, 9.17) is 0 Å². The van der Waals surface area contributed by atoms with E-state index in [0.717, 1.165) is 0 Å². The first-order valence-electron chi connectivity index (χ1n) is 6.36. The minimum atomic E-state index is 0.441. The molecule has 0 aliphatic heterocycles. The maximum Gasteiger partial charge on any atom is 0.293 e. The second-order valence-electron chi connectivity index (χ2n) is 5.55. The highest BCUT2D eigenvalue weighted by molar-refractivity contribution is 7.98. The van der Waals surface area contributed by atoms with Gasteiger partial charge in [0.1, 0.15) is 5.94 Å². The van der Waals surface area contributed by atoms with Crippen LogP contribution in [0.15, 0.2) is 0 Å². The van der Waals surface area contributed by atoms with Crippen LogP contribution in [0, 0.1) is 23.7 Å². The Hall–Kier alpha value is -0.180. The molecule has 4 aliphatic carbocycles. The number of carbonyl (C=O) groups excluding carboxylic acids is 1. The number of thioether (sulfide) groups is 1. The molecule has 16 heavy (non-hydrogen) atoms. The lowest BCUT2D eigenvalue weighted by Crippen LogP contribution is -2.38. The Morgan fingerprint density at radius 1 is 1.00 bits per heavy atom. The number of hydrogen-bond acceptors (Lipinski definition) is 3. The molecule has 0 aromatic rings. The van der Waals surface area contributed by atoms with Crippen LogP contribution < -0.4 is 0 Å². The summed E-state index contributed by atoms with van der Waals surface area (Å²) in [6.07, 6.45) is 11.5. The number of rotatable bonds is 3. The van der Waals surface area contributed by atoms with Gasteiger partial charge in [-0.05, 0) is 68.5 Å².